The molecule has 0 saturated heterocycles. The predicted octanol–water partition coefficient (Wildman–Crippen LogP) is 2.58. The van der Waals surface area contributed by atoms with Crippen molar-refractivity contribution in [2.45, 2.75) is 6.61 Å². The van der Waals surface area contributed by atoms with E-state index in [9.17, 15) is 0 Å². The standard InChI is InChI=1S/C12H8ClN3O/c13-12-5-4-10(15-16-12)8-17-11-3-1-2-9(6-11)7-14/h1-6H,8H2. The van der Waals surface area contributed by atoms with Crippen LogP contribution < -0.4 is 4.74 Å². The smallest absolute Gasteiger partial charge is 0.151 e. The maximum atomic E-state index is 8.74. The summed E-state index contributed by atoms with van der Waals surface area (Å²) in [6, 6.07) is 12.4. The third kappa shape index (κ3) is 3.16. The van der Waals surface area contributed by atoms with Gasteiger partial charge in [-0.25, -0.2) is 0 Å². The third-order valence-corrected chi connectivity index (χ3v) is 2.24. The van der Waals surface area contributed by atoms with Gasteiger partial charge in [-0.1, -0.05) is 17.7 Å². The lowest BCUT2D eigenvalue weighted by Crippen LogP contribution is -1.99. The molecule has 1 heterocycles. The molecule has 0 aliphatic carbocycles. The van der Waals surface area contributed by atoms with Crippen LogP contribution in [0.25, 0.3) is 0 Å². The topological polar surface area (TPSA) is 58.8 Å². The summed E-state index contributed by atoms with van der Waals surface area (Å²) in [6.07, 6.45) is 0. The Morgan fingerprint density at radius 2 is 2.12 bits per heavy atom. The number of hydrogen-bond acceptors (Lipinski definition) is 4. The average molecular weight is 246 g/mol. The van der Waals surface area contributed by atoms with Crippen LogP contribution in [0.15, 0.2) is 36.4 Å². The molecule has 84 valence electrons. The van der Waals surface area contributed by atoms with E-state index in [1.165, 1.54) is 0 Å². The van der Waals surface area contributed by atoms with Crippen molar-refractivity contribution in [3.63, 3.8) is 0 Å². The Bertz CT molecular complexity index is 548. The van der Waals surface area contributed by atoms with E-state index in [0.717, 1.165) is 0 Å². The first-order chi connectivity index (χ1) is 8.28. The van der Waals surface area contributed by atoms with E-state index in [1.807, 2.05) is 6.07 Å². The highest BCUT2D eigenvalue weighted by molar-refractivity contribution is 6.29. The molecule has 4 nitrogen and oxygen atoms in total. The SMILES string of the molecule is N#Cc1cccc(OCc2ccc(Cl)nn2)c1. The Labute approximate surface area is 103 Å². The highest BCUT2D eigenvalue weighted by atomic mass is 35.5. The van der Waals surface area contributed by atoms with E-state index in [-0.39, 0.29) is 0 Å². The molecular formula is C12H8ClN3O. The first-order valence-electron chi connectivity index (χ1n) is 4.89. The number of benzene rings is 1. The zero-order valence-electron chi connectivity index (χ0n) is 8.80. The summed E-state index contributed by atoms with van der Waals surface area (Å²) in [5.74, 6) is 0.626. The van der Waals surface area contributed by atoms with Crippen LogP contribution in [0.2, 0.25) is 5.15 Å². The average Bonchev–Trinajstić information content (AvgIpc) is 2.38. The van der Waals surface area contributed by atoms with Crippen LogP contribution in [0, 0.1) is 11.3 Å². The minimum absolute atomic E-state index is 0.291. The molecule has 0 saturated carbocycles. The second-order valence-electron chi connectivity index (χ2n) is 3.28. The summed E-state index contributed by atoms with van der Waals surface area (Å²) in [4.78, 5) is 0. The lowest BCUT2D eigenvalue weighted by Gasteiger charge is -2.05. The van der Waals surface area contributed by atoms with Crippen molar-refractivity contribution >= 4 is 11.6 Å². The summed E-state index contributed by atoms with van der Waals surface area (Å²) < 4.78 is 5.48. The molecule has 17 heavy (non-hydrogen) atoms. The Kier molecular flexibility index (Phi) is 3.53. The second-order valence-corrected chi connectivity index (χ2v) is 3.66. The van der Waals surface area contributed by atoms with Crippen LogP contribution in [-0.4, -0.2) is 10.2 Å². The van der Waals surface area contributed by atoms with E-state index in [1.54, 1.807) is 36.4 Å². The van der Waals surface area contributed by atoms with Gasteiger partial charge in [-0.05, 0) is 30.3 Å². The summed E-state index contributed by atoms with van der Waals surface area (Å²) in [5, 5.41) is 16.7. The van der Waals surface area contributed by atoms with Crippen LogP contribution in [-0.2, 0) is 6.61 Å². The molecule has 5 heteroatoms. The second kappa shape index (κ2) is 5.28. The molecule has 0 aliphatic heterocycles. The van der Waals surface area contributed by atoms with Gasteiger partial charge in [0.1, 0.15) is 18.1 Å². The molecule has 0 radical (unpaired) electrons. The van der Waals surface area contributed by atoms with Gasteiger partial charge < -0.3 is 4.74 Å². The fourth-order valence-electron chi connectivity index (χ4n) is 1.23. The molecule has 2 rings (SSSR count). The lowest BCUT2D eigenvalue weighted by molar-refractivity contribution is 0.300. The maximum absolute atomic E-state index is 8.74. The van der Waals surface area contributed by atoms with E-state index >= 15 is 0 Å². The van der Waals surface area contributed by atoms with E-state index in [4.69, 9.17) is 21.6 Å². The van der Waals surface area contributed by atoms with Gasteiger partial charge in [-0.15, -0.1) is 5.10 Å². The summed E-state index contributed by atoms with van der Waals surface area (Å²) in [5.41, 5.74) is 1.24. The number of rotatable bonds is 3. The van der Waals surface area contributed by atoms with E-state index in [0.29, 0.717) is 28.8 Å². The predicted molar refractivity (Wildman–Crippen MR) is 62.5 cm³/mol. The first-order valence-corrected chi connectivity index (χ1v) is 5.27. The van der Waals surface area contributed by atoms with Gasteiger partial charge in [0.25, 0.3) is 0 Å². The number of ether oxygens (including phenoxy) is 1. The van der Waals surface area contributed by atoms with Crippen molar-refractivity contribution in [2.24, 2.45) is 0 Å². The first kappa shape index (κ1) is 11.4. The molecule has 0 bridgehead atoms. The quantitative estimate of drug-likeness (QED) is 0.834. The molecule has 0 amide bonds. The number of nitrogens with zero attached hydrogens (tertiary/aromatic N) is 3. The minimum Gasteiger partial charge on any atom is -0.487 e. The summed E-state index contributed by atoms with van der Waals surface area (Å²) in [6.45, 7) is 0.291. The Morgan fingerprint density at radius 3 is 2.82 bits per heavy atom. The van der Waals surface area contributed by atoms with Crippen molar-refractivity contribution in [2.75, 3.05) is 0 Å². The van der Waals surface area contributed by atoms with E-state index < -0.39 is 0 Å². The highest BCUT2D eigenvalue weighted by Gasteiger charge is 1.99. The van der Waals surface area contributed by atoms with Gasteiger partial charge >= 0.3 is 0 Å². The van der Waals surface area contributed by atoms with Crippen LogP contribution in [0.3, 0.4) is 0 Å². The summed E-state index contributed by atoms with van der Waals surface area (Å²) >= 11 is 5.62. The Balaban J connectivity index is 2.02. The Hall–Kier alpha value is -2.12. The normalized spacial score (nSPS) is 9.65. The van der Waals surface area contributed by atoms with Gasteiger partial charge in [0.05, 0.1) is 11.6 Å². The monoisotopic (exact) mass is 245 g/mol. The molecule has 1 aromatic carbocycles. The maximum Gasteiger partial charge on any atom is 0.151 e. The molecule has 0 N–H and O–H groups in total. The van der Waals surface area contributed by atoms with Crippen molar-refractivity contribution in [3.8, 4) is 11.8 Å². The number of hydrogen-bond donors (Lipinski definition) is 0. The molecule has 0 fully saturated rings. The largest absolute Gasteiger partial charge is 0.487 e. The van der Waals surface area contributed by atoms with Crippen molar-refractivity contribution in [1.29, 1.82) is 5.26 Å². The van der Waals surface area contributed by atoms with Gasteiger partial charge in [-0.3, -0.25) is 0 Å². The Morgan fingerprint density at radius 1 is 1.24 bits per heavy atom. The van der Waals surface area contributed by atoms with Crippen molar-refractivity contribution < 1.29 is 4.74 Å². The molecule has 0 spiro atoms. The summed E-state index contributed by atoms with van der Waals surface area (Å²) in [7, 11) is 0. The molecule has 1 aromatic heterocycles. The van der Waals surface area contributed by atoms with Crippen molar-refractivity contribution in [3.05, 3.63) is 52.8 Å². The van der Waals surface area contributed by atoms with Crippen LogP contribution in [0.1, 0.15) is 11.3 Å². The minimum atomic E-state index is 0.291. The molecule has 2 aromatic rings. The number of aromatic nitrogens is 2. The molecule has 0 aliphatic rings. The van der Waals surface area contributed by atoms with Gasteiger partial charge in [0.2, 0.25) is 0 Å². The van der Waals surface area contributed by atoms with Crippen LogP contribution >= 0.6 is 11.6 Å². The fourth-order valence-corrected chi connectivity index (χ4v) is 1.33. The van der Waals surface area contributed by atoms with Gasteiger partial charge in [0.15, 0.2) is 5.15 Å². The third-order valence-electron chi connectivity index (χ3n) is 2.04. The van der Waals surface area contributed by atoms with Gasteiger partial charge in [-0.2, -0.15) is 10.4 Å². The molecular weight excluding hydrogens is 238 g/mol. The zero-order valence-corrected chi connectivity index (χ0v) is 9.55. The fraction of sp³-hybridized carbons (Fsp3) is 0.0833. The number of halogens is 1. The highest BCUT2D eigenvalue weighted by Crippen LogP contribution is 2.14. The zero-order chi connectivity index (χ0) is 12.1. The number of nitriles is 1. The van der Waals surface area contributed by atoms with Gasteiger partial charge in [0, 0.05) is 0 Å². The molecule has 0 atom stereocenters. The van der Waals surface area contributed by atoms with Crippen molar-refractivity contribution in [1.82, 2.24) is 10.2 Å². The van der Waals surface area contributed by atoms with Crippen LogP contribution in [0.4, 0.5) is 0 Å². The molecule has 0 unspecified atom stereocenters. The van der Waals surface area contributed by atoms with Crippen LogP contribution in [0.5, 0.6) is 5.75 Å². The van der Waals surface area contributed by atoms with E-state index in [2.05, 4.69) is 10.2 Å². The lowest BCUT2D eigenvalue weighted by atomic mass is 10.2.